The van der Waals surface area contributed by atoms with Gasteiger partial charge in [0.2, 0.25) is 5.91 Å². The number of nitrogens with zero attached hydrogens (tertiary/aromatic N) is 3. The molecule has 0 radical (unpaired) electrons. The number of benzene rings is 2. The van der Waals surface area contributed by atoms with Crippen molar-refractivity contribution in [1.82, 2.24) is 9.55 Å². The van der Waals surface area contributed by atoms with E-state index in [2.05, 4.69) is 11.1 Å². The Bertz CT molecular complexity index is 995. The van der Waals surface area contributed by atoms with Crippen LogP contribution in [0.5, 0.6) is 11.5 Å². The molecule has 132 valence electrons. The predicted octanol–water partition coefficient (Wildman–Crippen LogP) is 2.79. The Morgan fingerprint density at radius 2 is 1.92 bits per heavy atom. The molecule has 5 rings (SSSR count). The predicted molar refractivity (Wildman–Crippen MR) is 97.8 cm³/mol. The van der Waals surface area contributed by atoms with Crippen LogP contribution < -0.4 is 14.4 Å². The number of fused-ring (bicyclic) bond motifs is 3. The molecule has 1 amide bonds. The van der Waals surface area contributed by atoms with Gasteiger partial charge in [-0.25, -0.2) is 4.98 Å². The van der Waals surface area contributed by atoms with E-state index in [1.165, 1.54) is 5.56 Å². The third-order valence-corrected chi connectivity index (χ3v) is 4.98. The third kappa shape index (κ3) is 2.49. The van der Waals surface area contributed by atoms with E-state index < -0.39 is 0 Å². The first-order chi connectivity index (χ1) is 12.8. The van der Waals surface area contributed by atoms with Gasteiger partial charge in [-0.3, -0.25) is 4.79 Å². The van der Waals surface area contributed by atoms with E-state index in [0.717, 1.165) is 47.6 Å². The van der Waals surface area contributed by atoms with Crippen molar-refractivity contribution in [3.05, 3.63) is 48.3 Å². The zero-order valence-corrected chi connectivity index (χ0v) is 14.4. The fourth-order valence-electron chi connectivity index (χ4n) is 3.67. The quantitative estimate of drug-likeness (QED) is 0.714. The minimum absolute atomic E-state index is 0.0707. The maximum Gasteiger partial charge on any atom is 0.246 e. The molecular formula is C20H19N3O3. The molecule has 0 saturated heterocycles. The summed E-state index contributed by atoms with van der Waals surface area (Å²) in [5.41, 5.74) is 3.94. The van der Waals surface area contributed by atoms with Gasteiger partial charge in [-0.15, -0.1) is 0 Å². The van der Waals surface area contributed by atoms with Crippen molar-refractivity contribution in [2.45, 2.75) is 19.4 Å². The molecule has 26 heavy (non-hydrogen) atoms. The first-order valence-electron chi connectivity index (χ1n) is 8.92. The summed E-state index contributed by atoms with van der Waals surface area (Å²) in [4.78, 5) is 19.2. The van der Waals surface area contributed by atoms with Crippen molar-refractivity contribution in [1.29, 1.82) is 0 Å². The van der Waals surface area contributed by atoms with Crippen LogP contribution in [0.2, 0.25) is 0 Å². The van der Waals surface area contributed by atoms with Crippen molar-refractivity contribution in [2.75, 3.05) is 24.7 Å². The zero-order valence-electron chi connectivity index (χ0n) is 14.4. The summed E-state index contributed by atoms with van der Waals surface area (Å²) in [6.07, 6.45) is 3.48. The lowest BCUT2D eigenvalue weighted by molar-refractivity contribution is -0.119. The van der Waals surface area contributed by atoms with Gasteiger partial charge in [0.1, 0.15) is 6.54 Å². The Morgan fingerprint density at radius 1 is 1.12 bits per heavy atom. The number of ether oxygens (including phenoxy) is 2. The SMILES string of the molecule is O=C(Cn1cnc2cc3c(cc21)OCCCO3)N1CCc2ccccc21. The molecule has 0 N–H and O–H groups in total. The molecule has 2 aromatic carbocycles. The molecule has 0 saturated carbocycles. The number of imidazole rings is 1. The van der Waals surface area contributed by atoms with Crippen LogP contribution in [0.3, 0.4) is 0 Å². The maximum atomic E-state index is 12.9. The van der Waals surface area contributed by atoms with E-state index in [-0.39, 0.29) is 12.5 Å². The van der Waals surface area contributed by atoms with Crippen LogP contribution in [0.15, 0.2) is 42.7 Å². The molecular weight excluding hydrogens is 330 g/mol. The Balaban J connectivity index is 1.45. The fourth-order valence-corrected chi connectivity index (χ4v) is 3.67. The number of aromatic nitrogens is 2. The van der Waals surface area contributed by atoms with Gasteiger partial charge in [0.25, 0.3) is 0 Å². The summed E-state index contributed by atoms with van der Waals surface area (Å²) < 4.78 is 13.4. The van der Waals surface area contributed by atoms with Crippen molar-refractivity contribution in [3.8, 4) is 11.5 Å². The van der Waals surface area contributed by atoms with Gasteiger partial charge >= 0.3 is 0 Å². The second-order valence-corrected chi connectivity index (χ2v) is 6.63. The summed E-state index contributed by atoms with van der Waals surface area (Å²) >= 11 is 0. The van der Waals surface area contributed by atoms with E-state index in [1.54, 1.807) is 6.33 Å². The molecule has 2 aliphatic rings. The molecule has 0 aliphatic carbocycles. The van der Waals surface area contributed by atoms with Crippen LogP contribution in [-0.2, 0) is 17.8 Å². The summed E-state index contributed by atoms with van der Waals surface area (Å²) in [5.74, 6) is 1.51. The lowest BCUT2D eigenvalue weighted by Crippen LogP contribution is -2.32. The van der Waals surface area contributed by atoms with Gasteiger partial charge in [-0.1, -0.05) is 18.2 Å². The number of amides is 1. The zero-order chi connectivity index (χ0) is 17.5. The Kier molecular flexibility index (Phi) is 3.55. The molecule has 0 spiro atoms. The van der Waals surface area contributed by atoms with Crippen LogP contribution >= 0.6 is 0 Å². The molecule has 3 aromatic rings. The van der Waals surface area contributed by atoms with Crippen molar-refractivity contribution >= 4 is 22.6 Å². The smallest absolute Gasteiger partial charge is 0.246 e. The standard InChI is InChI=1S/C20H19N3O3/c24-20(23-7-6-14-4-1-2-5-16(14)23)12-22-13-21-15-10-18-19(11-17(15)22)26-9-3-8-25-18/h1-2,4-5,10-11,13H,3,6-9,12H2. The van der Waals surface area contributed by atoms with Gasteiger partial charge in [-0.05, 0) is 18.1 Å². The third-order valence-electron chi connectivity index (χ3n) is 4.98. The molecule has 6 heteroatoms. The second-order valence-electron chi connectivity index (χ2n) is 6.63. The summed E-state index contributed by atoms with van der Waals surface area (Å²) in [6.45, 7) is 2.27. The first-order valence-corrected chi connectivity index (χ1v) is 8.92. The van der Waals surface area contributed by atoms with Gasteiger partial charge < -0.3 is 18.9 Å². The topological polar surface area (TPSA) is 56.6 Å². The highest BCUT2D eigenvalue weighted by molar-refractivity contribution is 5.96. The van der Waals surface area contributed by atoms with E-state index in [1.807, 2.05) is 39.8 Å². The second kappa shape index (κ2) is 6.05. The Morgan fingerprint density at radius 3 is 2.81 bits per heavy atom. The number of anilines is 1. The average molecular weight is 349 g/mol. The first kappa shape index (κ1) is 15.3. The van der Waals surface area contributed by atoms with E-state index in [4.69, 9.17) is 9.47 Å². The number of rotatable bonds is 2. The monoisotopic (exact) mass is 349 g/mol. The molecule has 6 nitrogen and oxygen atoms in total. The molecule has 3 heterocycles. The average Bonchev–Trinajstić information content (AvgIpc) is 3.17. The van der Waals surface area contributed by atoms with Crippen LogP contribution in [0.4, 0.5) is 5.69 Å². The fraction of sp³-hybridized carbons (Fsp3) is 0.300. The minimum atomic E-state index is 0.0707. The summed E-state index contributed by atoms with van der Waals surface area (Å²) in [7, 11) is 0. The van der Waals surface area contributed by atoms with Gasteiger partial charge in [0, 0.05) is 30.8 Å². The number of carbonyl (C=O) groups is 1. The van der Waals surface area contributed by atoms with Gasteiger partial charge in [0.15, 0.2) is 11.5 Å². The normalized spacial score (nSPS) is 15.8. The minimum Gasteiger partial charge on any atom is -0.489 e. The lowest BCUT2D eigenvalue weighted by Gasteiger charge is -2.18. The number of carbonyl (C=O) groups excluding carboxylic acids is 1. The van der Waals surface area contributed by atoms with Crippen molar-refractivity contribution in [2.24, 2.45) is 0 Å². The van der Waals surface area contributed by atoms with Gasteiger partial charge in [0.05, 0.1) is 30.6 Å². The summed E-state index contributed by atoms with van der Waals surface area (Å²) in [5, 5.41) is 0. The van der Waals surface area contributed by atoms with Crippen LogP contribution in [0, 0.1) is 0 Å². The van der Waals surface area contributed by atoms with Gasteiger partial charge in [-0.2, -0.15) is 0 Å². The van der Waals surface area contributed by atoms with E-state index in [0.29, 0.717) is 13.2 Å². The van der Waals surface area contributed by atoms with Crippen LogP contribution in [-0.4, -0.2) is 35.2 Å². The van der Waals surface area contributed by atoms with E-state index >= 15 is 0 Å². The maximum absolute atomic E-state index is 12.9. The van der Waals surface area contributed by atoms with Crippen LogP contribution in [0.1, 0.15) is 12.0 Å². The number of para-hydroxylation sites is 1. The molecule has 2 aliphatic heterocycles. The Hall–Kier alpha value is -3.02. The molecule has 1 aromatic heterocycles. The Labute approximate surface area is 151 Å². The lowest BCUT2D eigenvalue weighted by atomic mass is 10.2. The van der Waals surface area contributed by atoms with Crippen LogP contribution in [0.25, 0.3) is 11.0 Å². The highest BCUT2D eigenvalue weighted by atomic mass is 16.5. The van der Waals surface area contributed by atoms with Crippen molar-refractivity contribution in [3.63, 3.8) is 0 Å². The summed E-state index contributed by atoms with van der Waals surface area (Å²) in [6, 6.07) is 11.9. The molecule has 0 fully saturated rings. The number of hydrogen-bond donors (Lipinski definition) is 0. The molecule has 0 atom stereocenters. The highest BCUT2D eigenvalue weighted by Crippen LogP contribution is 2.34. The largest absolute Gasteiger partial charge is 0.489 e. The molecule has 0 bridgehead atoms. The van der Waals surface area contributed by atoms with E-state index in [9.17, 15) is 4.79 Å². The highest BCUT2D eigenvalue weighted by Gasteiger charge is 2.25. The van der Waals surface area contributed by atoms with Crippen molar-refractivity contribution < 1.29 is 14.3 Å². The number of hydrogen-bond acceptors (Lipinski definition) is 4. The molecule has 0 unspecified atom stereocenters.